The molecule has 0 N–H and O–H groups in total. The van der Waals surface area contributed by atoms with Gasteiger partial charge in [-0.25, -0.2) is 24.0 Å². The molecule has 6 nitrogen and oxygen atoms in total. The first-order valence-corrected chi connectivity index (χ1v) is 7.66. The smallest absolute Gasteiger partial charge is 0.203 e. The van der Waals surface area contributed by atoms with Crippen molar-refractivity contribution in [3.05, 3.63) is 59.9 Å². The number of rotatable bonds is 4. The van der Waals surface area contributed by atoms with E-state index in [0.29, 0.717) is 27.9 Å². The summed E-state index contributed by atoms with van der Waals surface area (Å²) in [6, 6.07) is 6.59. The molecule has 0 aliphatic heterocycles. The second kappa shape index (κ2) is 5.73. The Morgan fingerprint density at radius 3 is 2.87 bits per heavy atom. The minimum Gasteiger partial charge on any atom is -0.451 e. The van der Waals surface area contributed by atoms with Gasteiger partial charge in [-0.2, -0.15) is 0 Å². The third-order valence-corrected chi connectivity index (χ3v) is 4.00. The first kappa shape index (κ1) is 13.8. The SMILES string of the molecule is Fc1ccccc1Cn1nc(-c2cocn2)nc1-c1nccs1. The van der Waals surface area contributed by atoms with Crippen molar-refractivity contribution in [1.82, 2.24) is 24.7 Å². The van der Waals surface area contributed by atoms with Crippen LogP contribution in [0.15, 0.2) is 52.9 Å². The van der Waals surface area contributed by atoms with E-state index in [-0.39, 0.29) is 12.4 Å². The topological polar surface area (TPSA) is 69.6 Å². The monoisotopic (exact) mass is 327 g/mol. The Kier molecular flexibility index (Phi) is 3.43. The van der Waals surface area contributed by atoms with Crippen molar-refractivity contribution in [2.75, 3.05) is 0 Å². The maximum absolute atomic E-state index is 13.9. The van der Waals surface area contributed by atoms with E-state index in [1.807, 2.05) is 5.38 Å². The Morgan fingerprint density at radius 2 is 2.13 bits per heavy atom. The van der Waals surface area contributed by atoms with E-state index in [1.54, 1.807) is 29.1 Å². The zero-order chi connectivity index (χ0) is 15.6. The molecule has 4 rings (SSSR count). The van der Waals surface area contributed by atoms with Gasteiger partial charge in [-0.1, -0.05) is 18.2 Å². The molecular weight excluding hydrogens is 317 g/mol. The third kappa shape index (κ3) is 2.64. The molecule has 0 radical (unpaired) electrons. The van der Waals surface area contributed by atoms with Crippen LogP contribution >= 0.6 is 11.3 Å². The van der Waals surface area contributed by atoms with Gasteiger partial charge in [-0.15, -0.1) is 16.4 Å². The lowest BCUT2D eigenvalue weighted by Crippen LogP contribution is -2.05. The van der Waals surface area contributed by atoms with E-state index in [9.17, 15) is 4.39 Å². The van der Waals surface area contributed by atoms with E-state index in [4.69, 9.17) is 4.42 Å². The molecule has 0 unspecified atom stereocenters. The molecule has 0 saturated carbocycles. The van der Waals surface area contributed by atoms with E-state index in [0.717, 1.165) is 0 Å². The summed E-state index contributed by atoms with van der Waals surface area (Å²) in [5.74, 6) is 0.706. The van der Waals surface area contributed by atoms with Crippen molar-refractivity contribution < 1.29 is 8.81 Å². The number of aromatic nitrogens is 5. The maximum atomic E-state index is 13.9. The quantitative estimate of drug-likeness (QED) is 0.575. The lowest BCUT2D eigenvalue weighted by atomic mass is 10.2. The van der Waals surface area contributed by atoms with Gasteiger partial charge in [0.05, 0.1) is 6.54 Å². The van der Waals surface area contributed by atoms with E-state index >= 15 is 0 Å². The van der Waals surface area contributed by atoms with Crippen LogP contribution in [0.1, 0.15) is 5.56 Å². The lowest BCUT2D eigenvalue weighted by molar-refractivity contribution is 0.558. The highest BCUT2D eigenvalue weighted by Gasteiger charge is 2.17. The summed E-state index contributed by atoms with van der Waals surface area (Å²) in [4.78, 5) is 12.8. The molecule has 0 saturated heterocycles. The summed E-state index contributed by atoms with van der Waals surface area (Å²) in [5, 5.41) is 6.99. The van der Waals surface area contributed by atoms with Gasteiger partial charge in [0.2, 0.25) is 5.82 Å². The summed E-state index contributed by atoms with van der Waals surface area (Å²) < 4.78 is 20.5. The zero-order valence-electron chi connectivity index (χ0n) is 11.8. The third-order valence-electron chi connectivity index (χ3n) is 3.23. The average Bonchev–Trinajstić information content (AvgIpc) is 3.30. The molecule has 0 atom stereocenters. The minimum atomic E-state index is -0.281. The normalized spacial score (nSPS) is 11.0. The predicted octanol–water partition coefficient (Wildman–Crippen LogP) is 3.24. The van der Waals surface area contributed by atoms with Crippen molar-refractivity contribution in [2.45, 2.75) is 6.54 Å². The van der Waals surface area contributed by atoms with Gasteiger partial charge in [0, 0.05) is 17.1 Å². The van der Waals surface area contributed by atoms with Gasteiger partial charge in [-0.3, -0.25) is 0 Å². The summed E-state index contributed by atoms with van der Waals surface area (Å²) >= 11 is 1.44. The number of oxazole rings is 1. The molecule has 0 fully saturated rings. The van der Waals surface area contributed by atoms with Crippen molar-refractivity contribution in [3.8, 4) is 22.4 Å². The zero-order valence-corrected chi connectivity index (χ0v) is 12.6. The standard InChI is InChI=1S/C15H10FN5OS/c16-11-4-2-1-3-10(11)7-21-14(15-17-5-6-23-15)19-13(20-21)12-8-22-9-18-12/h1-6,8-9H,7H2. The summed E-state index contributed by atoms with van der Waals surface area (Å²) in [7, 11) is 0. The van der Waals surface area contributed by atoms with Gasteiger partial charge in [-0.05, 0) is 6.07 Å². The second-order valence-corrected chi connectivity index (χ2v) is 5.61. The molecule has 114 valence electrons. The van der Waals surface area contributed by atoms with Gasteiger partial charge >= 0.3 is 0 Å². The molecule has 0 aliphatic carbocycles. The highest BCUT2D eigenvalue weighted by atomic mass is 32.1. The molecule has 0 aliphatic rings. The summed E-state index contributed by atoms with van der Waals surface area (Å²) in [6.45, 7) is 0.256. The van der Waals surface area contributed by atoms with Crippen molar-refractivity contribution in [2.24, 2.45) is 0 Å². The number of benzene rings is 1. The lowest BCUT2D eigenvalue weighted by Gasteiger charge is -2.05. The van der Waals surface area contributed by atoms with Crippen LogP contribution in [-0.4, -0.2) is 24.7 Å². The van der Waals surface area contributed by atoms with E-state index in [2.05, 4.69) is 20.1 Å². The average molecular weight is 327 g/mol. The van der Waals surface area contributed by atoms with Crippen molar-refractivity contribution >= 4 is 11.3 Å². The van der Waals surface area contributed by atoms with Crippen molar-refractivity contribution in [3.63, 3.8) is 0 Å². The largest absolute Gasteiger partial charge is 0.451 e. The number of halogens is 1. The Hall–Kier alpha value is -2.87. The van der Waals surface area contributed by atoms with Crippen molar-refractivity contribution in [1.29, 1.82) is 0 Å². The Balaban J connectivity index is 1.79. The van der Waals surface area contributed by atoms with Crippen LogP contribution in [0.5, 0.6) is 0 Å². The molecular formula is C15H10FN5OS. The Bertz CT molecular complexity index is 917. The Morgan fingerprint density at radius 1 is 1.22 bits per heavy atom. The van der Waals surface area contributed by atoms with Gasteiger partial charge in [0.1, 0.15) is 17.8 Å². The molecule has 8 heteroatoms. The molecule has 3 aromatic heterocycles. The Labute approximate surface area is 134 Å². The minimum absolute atomic E-state index is 0.256. The number of thiazole rings is 1. The van der Waals surface area contributed by atoms with E-state index < -0.39 is 0 Å². The number of hydrogen-bond acceptors (Lipinski definition) is 6. The first-order valence-electron chi connectivity index (χ1n) is 6.78. The fourth-order valence-corrected chi connectivity index (χ4v) is 2.79. The highest BCUT2D eigenvalue weighted by molar-refractivity contribution is 7.13. The summed E-state index contributed by atoms with van der Waals surface area (Å²) in [5.41, 5.74) is 1.05. The van der Waals surface area contributed by atoms with E-state index in [1.165, 1.54) is 30.1 Å². The number of nitrogens with zero attached hydrogens (tertiary/aromatic N) is 5. The van der Waals surface area contributed by atoms with Crippen LogP contribution in [0.25, 0.3) is 22.4 Å². The molecule has 0 spiro atoms. The van der Waals surface area contributed by atoms with Crippen LogP contribution in [0.3, 0.4) is 0 Å². The van der Waals surface area contributed by atoms with Crippen LogP contribution in [0.2, 0.25) is 0 Å². The second-order valence-electron chi connectivity index (χ2n) is 4.72. The fraction of sp³-hybridized carbons (Fsp3) is 0.0667. The fourth-order valence-electron chi connectivity index (χ4n) is 2.16. The molecule has 23 heavy (non-hydrogen) atoms. The van der Waals surface area contributed by atoms with Crippen LogP contribution in [-0.2, 0) is 6.54 Å². The summed E-state index contributed by atoms with van der Waals surface area (Å²) in [6.07, 6.45) is 4.47. The molecule has 1 aromatic carbocycles. The first-order chi connectivity index (χ1) is 11.3. The van der Waals surface area contributed by atoms with Crippen LogP contribution in [0.4, 0.5) is 4.39 Å². The molecule has 3 heterocycles. The maximum Gasteiger partial charge on any atom is 0.203 e. The van der Waals surface area contributed by atoms with Gasteiger partial charge in [0.25, 0.3) is 0 Å². The van der Waals surface area contributed by atoms with Gasteiger partial charge in [0.15, 0.2) is 17.2 Å². The highest BCUT2D eigenvalue weighted by Crippen LogP contribution is 2.24. The number of hydrogen-bond donors (Lipinski definition) is 0. The molecule has 4 aromatic rings. The van der Waals surface area contributed by atoms with Crippen LogP contribution < -0.4 is 0 Å². The van der Waals surface area contributed by atoms with Gasteiger partial charge < -0.3 is 4.42 Å². The molecule has 0 bridgehead atoms. The molecule has 0 amide bonds. The predicted molar refractivity (Wildman–Crippen MR) is 82.1 cm³/mol. The van der Waals surface area contributed by atoms with Crippen LogP contribution in [0, 0.1) is 5.82 Å².